The molecule has 0 aromatic heterocycles. The van der Waals surface area contributed by atoms with Crippen LogP contribution in [0.4, 0.5) is 0 Å². The molecule has 3 heteroatoms. The van der Waals surface area contributed by atoms with Crippen molar-refractivity contribution in [1.29, 1.82) is 0 Å². The number of aliphatic hydroxyl groups is 1. The van der Waals surface area contributed by atoms with Crippen molar-refractivity contribution < 1.29 is 5.11 Å². The van der Waals surface area contributed by atoms with Crippen LogP contribution < -0.4 is 5.73 Å². The maximum atomic E-state index is 9.93. The molecule has 14 heavy (non-hydrogen) atoms. The highest BCUT2D eigenvalue weighted by molar-refractivity contribution is 9.10. The van der Waals surface area contributed by atoms with E-state index in [1.54, 1.807) is 0 Å². The van der Waals surface area contributed by atoms with E-state index >= 15 is 0 Å². The Balaban J connectivity index is 3.03. The predicted molar refractivity (Wildman–Crippen MR) is 62.1 cm³/mol. The summed E-state index contributed by atoms with van der Waals surface area (Å²) in [5, 5.41) is 9.93. The van der Waals surface area contributed by atoms with Gasteiger partial charge in [0.05, 0.1) is 6.10 Å². The van der Waals surface area contributed by atoms with Crippen molar-refractivity contribution in [3.05, 3.63) is 33.8 Å². The van der Waals surface area contributed by atoms with Gasteiger partial charge in [0.15, 0.2) is 0 Å². The van der Waals surface area contributed by atoms with Gasteiger partial charge in [0.1, 0.15) is 0 Å². The van der Waals surface area contributed by atoms with Crippen LogP contribution in [-0.2, 0) is 0 Å². The molecule has 0 aliphatic carbocycles. The Hall–Kier alpha value is -0.380. The smallest absolute Gasteiger partial charge is 0.0964 e. The number of hydrogen-bond donors (Lipinski definition) is 2. The molecule has 0 aliphatic heterocycles. The van der Waals surface area contributed by atoms with E-state index in [1.165, 1.54) is 0 Å². The number of nitrogens with two attached hydrogens (primary N) is 1. The molecule has 0 radical (unpaired) electrons. The van der Waals surface area contributed by atoms with Crippen LogP contribution in [-0.4, -0.2) is 10.6 Å². The fourth-order valence-corrected chi connectivity index (χ4v) is 1.51. The molecular weight excluding hydrogens is 242 g/mol. The third-order valence-electron chi connectivity index (χ3n) is 2.20. The average molecular weight is 258 g/mol. The molecule has 1 unspecified atom stereocenters. The second-order valence-corrected chi connectivity index (χ2v) is 5.09. The van der Waals surface area contributed by atoms with Crippen molar-refractivity contribution >= 4 is 15.9 Å². The summed E-state index contributed by atoms with van der Waals surface area (Å²) >= 11 is 3.42. The van der Waals surface area contributed by atoms with E-state index in [2.05, 4.69) is 15.9 Å². The van der Waals surface area contributed by atoms with Crippen molar-refractivity contribution in [2.24, 2.45) is 5.73 Å². The molecule has 0 bridgehead atoms. The molecular formula is C11H16BrNO. The Kier molecular flexibility index (Phi) is 3.35. The maximum Gasteiger partial charge on any atom is 0.0964 e. The Bertz CT molecular complexity index is 331. The van der Waals surface area contributed by atoms with E-state index in [4.69, 9.17) is 5.73 Å². The SMILES string of the molecule is Cc1cc(C(O)C(C)(C)N)ccc1Br. The van der Waals surface area contributed by atoms with E-state index in [-0.39, 0.29) is 0 Å². The molecule has 1 aromatic carbocycles. The van der Waals surface area contributed by atoms with Crippen molar-refractivity contribution in [3.63, 3.8) is 0 Å². The standard InChI is InChI=1S/C11H16BrNO/c1-7-6-8(4-5-9(7)12)10(14)11(2,3)13/h4-6,10,14H,13H2,1-3H3. The van der Waals surface area contributed by atoms with E-state index in [1.807, 2.05) is 39.0 Å². The quantitative estimate of drug-likeness (QED) is 0.856. The Morgan fingerprint density at radius 3 is 2.43 bits per heavy atom. The first-order chi connectivity index (χ1) is 6.32. The van der Waals surface area contributed by atoms with Crippen LogP contribution in [0.25, 0.3) is 0 Å². The van der Waals surface area contributed by atoms with Gasteiger partial charge in [0, 0.05) is 10.0 Å². The first-order valence-electron chi connectivity index (χ1n) is 4.55. The summed E-state index contributed by atoms with van der Waals surface area (Å²) in [6.07, 6.45) is -0.630. The summed E-state index contributed by atoms with van der Waals surface area (Å²) in [7, 11) is 0. The predicted octanol–water partition coefficient (Wildman–Crippen LogP) is 2.53. The second-order valence-electron chi connectivity index (χ2n) is 4.23. The van der Waals surface area contributed by atoms with Gasteiger partial charge in [-0.15, -0.1) is 0 Å². The van der Waals surface area contributed by atoms with Crippen LogP contribution in [0, 0.1) is 6.92 Å². The molecule has 1 rings (SSSR count). The molecule has 0 amide bonds. The molecule has 0 fully saturated rings. The van der Waals surface area contributed by atoms with Gasteiger partial charge in [-0.1, -0.05) is 28.1 Å². The zero-order valence-corrected chi connectivity index (χ0v) is 10.3. The summed E-state index contributed by atoms with van der Waals surface area (Å²) in [5.41, 5.74) is 7.19. The van der Waals surface area contributed by atoms with E-state index in [0.717, 1.165) is 15.6 Å². The molecule has 0 saturated carbocycles. The third kappa shape index (κ3) is 2.56. The van der Waals surface area contributed by atoms with Crippen LogP contribution in [0.15, 0.2) is 22.7 Å². The number of hydrogen-bond acceptors (Lipinski definition) is 2. The van der Waals surface area contributed by atoms with Crippen molar-refractivity contribution in [2.45, 2.75) is 32.4 Å². The molecule has 78 valence electrons. The summed E-state index contributed by atoms with van der Waals surface area (Å²) < 4.78 is 1.04. The lowest BCUT2D eigenvalue weighted by Crippen LogP contribution is -2.39. The van der Waals surface area contributed by atoms with Crippen LogP contribution in [0.5, 0.6) is 0 Å². The second kappa shape index (κ2) is 4.01. The summed E-state index contributed by atoms with van der Waals surface area (Å²) in [4.78, 5) is 0. The number of aryl methyl sites for hydroxylation is 1. The summed E-state index contributed by atoms with van der Waals surface area (Å²) in [6, 6.07) is 5.76. The highest BCUT2D eigenvalue weighted by Crippen LogP contribution is 2.26. The van der Waals surface area contributed by atoms with Gasteiger partial charge in [0.2, 0.25) is 0 Å². The molecule has 1 atom stereocenters. The van der Waals surface area contributed by atoms with Gasteiger partial charge in [-0.25, -0.2) is 0 Å². The fraction of sp³-hybridized carbons (Fsp3) is 0.455. The average Bonchev–Trinajstić information content (AvgIpc) is 2.07. The third-order valence-corrected chi connectivity index (χ3v) is 3.09. The number of aliphatic hydroxyl groups excluding tert-OH is 1. The largest absolute Gasteiger partial charge is 0.387 e. The fourth-order valence-electron chi connectivity index (χ4n) is 1.27. The van der Waals surface area contributed by atoms with Crippen molar-refractivity contribution in [2.75, 3.05) is 0 Å². The molecule has 1 aromatic rings. The first kappa shape index (κ1) is 11.7. The van der Waals surface area contributed by atoms with Gasteiger partial charge in [-0.2, -0.15) is 0 Å². The van der Waals surface area contributed by atoms with Crippen LogP contribution in [0.3, 0.4) is 0 Å². The summed E-state index contributed by atoms with van der Waals surface area (Å²) in [6.45, 7) is 5.62. The minimum absolute atomic E-state index is 0.611. The lowest BCUT2D eigenvalue weighted by Gasteiger charge is -2.26. The lowest BCUT2D eigenvalue weighted by atomic mass is 9.92. The normalized spacial score (nSPS) is 14.1. The topological polar surface area (TPSA) is 46.2 Å². The van der Waals surface area contributed by atoms with Gasteiger partial charge >= 0.3 is 0 Å². The molecule has 0 heterocycles. The number of benzene rings is 1. The Morgan fingerprint density at radius 1 is 1.43 bits per heavy atom. The minimum Gasteiger partial charge on any atom is -0.387 e. The molecule has 0 aliphatic rings. The Morgan fingerprint density at radius 2 is 2.00 bits per heavy atom. The highest BCUT2D eigenvalue weighted by atomic mass is 79.9. The minimum atomic E-state index is -0.630. The zero-order chi connectivity index (χ0) is 10.9. The van der Waals surface area contributed by atoms with Crippen molar-refractivity contribution in [3.8, 4) is 0 Å². The molecule has 3 N–H and O–H groups in total. The van der Waals surface area contributed by atoms with E-state index in [0.29, 0.717) is 0 Å². The maximum absolute atomic E-state index is 9.93. The first-order valence-corrected chi connectivity index (χ1v) is 5.34. The van der Waals surface area contributed by atoms with Crippen LogP contribution in [0.1, 0.15) is 31.1 Å². The van der Waals surface area contributed by atoms with Crippen molar-refractivity contribution in [1.82, 2.24) is 0 Å². The molecule has 0 spiro atoms. The van der Waals surface area contributed by atoms with Gasteiger partial charge in [-0.3, -0.25) is 0 Å². The van der Waals surface area contributed by atoms with Gasteiger partial charge in [0.25, 0.3) is 0 Å². The van der Waals surface area contributed by atoms with E-state index < -0.39 is 11.6 Å². The highest BCUT2D eigenvalue weighted by Gasteiger charge is 2.24. The Labute approximate surface area is 93.3 Å². The van der Waals surface area contributed by atoms with E-state index in [9.17, 15) is 5.11 Å². The number of halogens is 1. The number of rotatable bonds is 2. The van der Waals surface area contributed by atoms with Gasteiger partial charge < -0.3 is 10.8 Å². The monoisotopic (exact) mass is 257 g/mol. The molecule has 0 saturated heterocycles. The van der Waals surface area contributed by atoms with Crippen LogP contribution in [0.2, 0.25) is 0 Å². The molecule has 2 nitrogen and oxygen atoms in total. The van der Waals surface area contributed by atoms with Crippen LogP contribution >= 0.6 is 15.9 Å². The van der Waals surface area contributed by atoms with Gasteiger partial charge in [-0.05, 0) is 38.0 Å². The lowest BCUT2D eigenvalue weighted by molar-refractivity contribution is 0.104. The zero-order valence-electron chi connectivity index (χ0n) is 8.71. The summed E-state index contributed by atoms with van der Waals surface area (Å²) in [5.74, 6) is 0.